The van der Waals surface area contributed by atoms with E-state index in [1.54, 1.807) is 10.9 Å². The van der Waals surface area contributed by atoms with Crippen LogP contribution in [0.25, 0.3) is 11.0 Å². The lowest BCUT2D eigenvalue weighted by molar-refractivity contribution is -0.121. The molecule has 3 heterocycles. The molecule has 0 unspecified atom stereocenters. The molecular formula is C15H20N6O2. The molecule has 0 bridgehead atoms. The van der Waals surface area contributed by atoms with Gasteiger partial charge in [-0.05, 0) is 25.8 Å². The Bertz CT molecular complexity index is 769. The zero-order valence-corrected chi connectivity index (χ0v) is 13.2. The molecule has 0 aliphatic carbocycles. The van der Waals surface area contributed by atoms with Crippen LogP contribution in [-0.4, -0.2) is 44.7 Å². The quantitative estimate of drug-likeness (QED) is 0.862. The number of primary amides is 1. The van der Waals surface area contributed by atoms with Gasteiger partial charge in [-0.2, -0.15) is 5.10 Å². The van der Waals surface area contributed by atoms with Crippen molar-refractivity contribution in [3.8, 4) is 0 Å². The maximum atomic E-state index is 12.4. The van der Waals surface area contributed by atoms with Gasteiger partial charge in [-0.25, -0.2) is 9.78 Å². The van der Waals surface area contributed by atoms with Gasteiger partial charge >= 0.3 is 6.03 Å². The van der Waals surface area contributed by atoms with Gasteiger partial charge in [0.15, 0.2) is 5.65 Å². The van der Waals surface area contributed by atoms with Crippen LogP contribution in [0.4, 0.5) is 10.5 Å². The number of amides is 3. The van der Waals surface area contributed by atoms with Gasteiger partial charge in [0.1, 0.15) is 0 Å². The number of aromatic nitrogens is 3. The van der Waals surface area contributed by atoms with Crippen LogP contribution >= 0.6 is 0 Å². The predicted octanol–water partition coefficient (Wildman–Crippen LogP) is 1.01. The number of likely N-dealkylation sites (tertiary alicyclic amines) is 1. The van der Waals surface area contributed by atoms with Gasteiger partial charge < -0.3 is 16.0 Å². The summed E-state index contributed by atoms with van der Waals surface area (Å²) in [6, 6.07) is 1.40. The number of hydrogen-bond donors (Lipinski definition) is 2. The summed E-state index contributed by atoms with van der Waals surface area (Å²) in [5.41, 5.74) is 7.57. The Hall–Kier alpha value is -2.64. The Balaban J connectivity index is 1.75. The highest BCUT2D eigenvalue weighted by molar-refractivity contribution is 5.95. The molecule has 122 valence electrons. The van der Waals surface area contributed by atoms with Gasteiger partial charge in [-0.15, -0.1) is 0 Å². The summed E-state index contributed by atoms with van der Waals surface area (Å²) >= 11 is 0. The molecule has 3 amide bonds. The van der Waals surface area contributed by atoms with Crippen molar-refractivity contribution in [1.29, 1.82) is 0 Å². The van der Waals surface area contributed by atoms with E-state index in [1.807, 2.05) is 20.0 Å². The number of pyridine rings is 1. The Morgan fingerprint density at radius 2 is 2.22 bits per heavy atom. The Labute approximate surface area is 133 Å². The van der Waals surface area contributed by atoms with Crippen molar-refractivity contribution in [2.45, 2.75) is 19.8 Å². The molecule has 0 saturated carbocycles. The minimum atomic E-state index is -0.475. The lowest BCUT2D eigenvalue weighted by Crippen LogP contribution is -2.46. The standard InChI is InChI=1S/C15H20N6O2/c1-9-12-6-11(7-17-13(12)20(2)19-9)18-14(22)10-4-3-5-21(8-10)15(16)23/h6-7,10H,3-5,8H2,1-2H3,(H2,16,23)(H,18,22)/t10-/m0/s1. The molecule has 1 atom stereocenters. The highest BCUT2D eigenvalue weighted by Crippen LogP contribution is 2.22. The average molecular weight is 316 g/mol. The summed E-state index contributed by atoms with van der Waals surface area (Å²) in [5.74, 6) is -0.361. The van der Waals surface area contributed by atoms with E-state index in [0.717, 1.165) is 29.6 Å². The number of carbonyl (C=O) groups is 2. The van der Waals surface area contributed by atoms with Crippen molar-refractivity contribution in [3.63, 3.8) is 0 Å². The fourth-order valence-electron chi connectivity index (χ4n) is 3.01. The first-order valence-electron chi connectivity index (χ1n) is 7.60. The maximum absolute atomic E-state index is 12.4. The maximum Gasteiger partial charge on any atom is 0.314 e. The van der Waals surface area contributed by atoms with E-state index in [-0.39, 0.29) is 11.8 Å². The topological polar surface area (TPSA) is 106 Å². The van der Waals surface area contributed by atoms with E-state index in [0.29, 0.717) is 18.8 Å². The molecular weight excluding hydrogens is 296 g/mol. The molecule has 8 nitrogen and oxygen atoms in total. The third kappa shape index (κ3) is 2.96. The highest BCUT2D eigenvalue weighted by Gasteiger charge is 2.27. The van der Waals surface area contributed by atoms with Gasteiger partial charge in [0, 0.05) is 25.5 Å². The van der Waals surface area contributed by atoms with Crippen LogP contribution in [0.1, 0.15) is 18.5 Å². The molecule has 3 N–H and O–H groups in total. The number of aryl methyl sites for hydroxylation is 2. The van der Waals surface area contributed by atoms with Crippen molar-refractivity contribution in [2.75, 3.05) is 18.4 Å². The van der Waals surface area contributed by atoms with Gasteiger partial charge in [0.25, 0.3) is 0 Å². The lowest BCUT2D eigenvalue weighted by Gasteiger charge is -2.30. The van der Waals surface area contributed by atoms with Crippen LogP contribution in [0, 0.1) is 12.8 Å². The summed E-state index contributed by atoms with van der Waals surface area (Å²) < 4.78 is 1.71. The predicted molar refractivity (Wildman–Crippen MR) is 85.8 cm³/mol. The summed E-state index contributed by atoms with van der Waals surface area (Å²) in [4.78, 5) is 29.5. The Kier molecular flexibility index (Phi) is 3.89. The van der Waals surface area contributed by atoms with Crippen LogP contribution in [0.5, 0.6) is 0 Å². The molecule has 8 heteroatoms. The monoisotopic (exact) mass is 316 g/mol. The van der Waals surface area contributed by atoms with Crippen molar-refractivity contribution in [3.05, 3.63) is 18.0 Å². The second kappa shape index (κ2) is 5.86. The molecule has 0 aromatic carbocycles. The smallest absolute Gasteiger partial charge is 0.314 e. The Morgan fingerprint density at radius 1 is 1.43 bits per heavy atom. The first-order chi connectivity index (χ1) is 11.0. The molecule has 1 saturated heterocycles. The lowest BCUT2D eigenvalue weighted by atomic mass is 9.97. The van der Waals surface area contributed by atoms with Crippen LogP contribution in [-0.2, 0) is 11.8 Å². The van der Waals surface area contributed by atoms with E-state index < -0.39 is 6.03 Å². The number of urea groups is 1. The van der Waals surface area contributed by atoms with E-state index in [4.69, 9.17) is 5.73 Å². The van der Waals surface area contributed by atoms with Gasteiger partial charge in [0.2, 0.25) is 5.91 Å². The number of hydrogen-bond acceptors (Lipinski definition) is 4. The van der Waals surface area contributed by atoms with Gasteiger partial charge in [0.05, 0.1) is 23.5 Å². The third-order valence-corrected chi connectivity index (χ3v) is 4.23. The molecule has 1 fully saturated rings. The molecule has 1 aliphatic rings. The molecule has 0 radical (unpaired) electrons. The van der Waals surface area contributed by atoms with Crippen molar-refractivity contribution in [2.24, 2.45) is 18.7 Å². The number of piperidine rings is 1. The number of fused-ring (bicyclic) bond motifs is 1. The molecule has 23 heavy (non-hydrogen) atoms. The zero-order valence-electron chi connectivity index (χ0n) is 13.2. The van der Waals surface area contributed by atoms with Crippen LogP contribution in [0.3, 0.4) is 0 Å². The minimum absolute atomic E-state index is 0.112. The molecule has 2 aromatic heterocycles. The first kappa shape index (κ1) is 15.3. The average Bonchev–Trinajstić information content (AvgIpc) is 2.81. The number of nitrogens with zero attached hydrogens (tertiary/aromatic N) is 4. The van der Waals surface area contributed by atoms with Crippen molar-refractivity contribution >= 4 is 28.7 Å². The number of nitrogens with one attached hydrogen (secondary N) is 1. The molecule has 2 aromatic rings. The largest absolute Gasteiger partial charge is 0.351 e. The summed E-state index contributed by atoms with van der Waals surface area (Å²) in [6.07, 6.45) is 3.15. The molecule has 1 aliphatic heterocycles. The van der Waals surface area contributed by atoms with Crippen LogP contribution < -0.4 is 11.1 Å². The van der Waals surface area contributed by atoms with Gasteiger partial charge in [-0.1, -0.05) is 0 Å². The second-order valence-corrected chi connectivity index (χ2v) is 5.92. The molecule has 3 rings (SSSR count). The zero-order chi connectivity index (χ0) is 16.6. The SMILES string of the molecule is Cc1nn(C)c2ncc(NC(=O)[C@H]3CCCN(C(N)=O)C3)cc12. The second-order valence-electron chi connectivity index (χ2n) is 5.92. The van der Waals surface area contributed by atoms with E-state index in [1.165, 1.54) is 4.90 Å². The summed E-state index contributed by atoms with van der Waals surface area (Å²) in [6.45, 7) is 2.88. The number of rotatable bonds is 2. The fraction of sp³-hybridized carbons (Fsp3) is 0.467. The summed E-state index contributed by atoms with van der Waals surface area (Å²) in [5, 5.41) is 8.11. The van der Waals surface area contributed by atoms with Gasteiger partial charge in [-0.3, -0.25) is 9.48 Å². The number of anilines is 1. The summed E-state index contributed by atoms with van der Waals surface area (Å²) in [7, 11) is 1.83. The van der Waals surface area contributed by atoms with E-state index >= 15 is 0 Å². The fourth-order valence-corrected chi connectivity index (χ4v) is 3.01. The van der Waals surface area contributed by atoms with Crippen molar-refractivity contribution in [1.82, 2.24) is 19.7 Å². The first-order valence-corrected chi connectivity index (χ1v) is 7.60. The third-order valence-electron chi connectivity index (χ3n) is 4.23. The minimum Gasteiger partial charge on any atom is -0.351 e. The number of nitrogens with two attached hydrogens (primary N) is 1. The van der Waals surface area contributed by atoms with E-state index in [2.05, 4.69) is 15.4 Å². The normalized spacial score (nSPS) is 18.2. The van der Waals surface area contributed by atoms with Crippen molar-refractivity contribution < 1.29 is 9.59 Å². The molecule has 0 spiro atoms. The Morgan fingerprint density at radius 3 is 2.96 bits per heavy atom. The van der Waals surface area contributed by atoms with Crippen LogP contribution in [0.15, 0.2) is 12.3 Å². The highest BCUT2D eigenvalue weighted by atomic mass is 16.2. The van der Waals surface area contributed by atoms with Crippen LogP contribution in [0.2, 0.25) is 0 Å². The number of carbonyl (C=O) groups excluding carboxylic acids is 2. The van der Waals surface area contributed by atoms with E-state index in [9.17, 15) is 9.59 Å².